The third kappa shape index (κ3) is 2.65. The number of methoxy groups -OCH3 is 1. The second kappa shape index (κ2) is 5.23. The molecule has 0 saturated carbocycles. The Morgan fingerprint density at radius 1 is 1.58 bits per heavy atom. The van der Waals surface area contributed by atoms with Crippen molar-refractivity contribution in [2.75, 3.05) is 20.2 Å². The van der Waals surface area contributed by atoms with Crippen molar-refractivity contribution in [2.24, 2.45) is 0 Å². The maximum atomic E-state index is 12.1. The molecule has 1 aliphatic heterocycles. The maximum Gasteiger partial charge on any atom is 0.310 e. The summed E-state index contributed by atoms with van der Waals surface area (Å²) < 4.78 is 5.17. The monoisotopic (exact) mass is 266 g/mol. The van der Waals surface area contributed by atoms with Crippen LogP contribution in [0, 0.1) is 10.1 Å². The van der Waals surface area contributed by atoms with Crippen LogP contribution in [0.25, 0.3) is 0 Å². The molecule has 0 radical (unpaired) electrons. The van der Waals surface area contributed by atoms with E-state index in [9.17, 15) is 20.0 Å². The van der Waals surface area contributed by atoms with Gasteiger partial charge in [-0.1, -0.05) is 0 Å². The van der Waals surface area contributed by atoms with Gasteiger partial charge >= 0.3 is 5.69 Å². The number of carbonyl (C=O) groups excluding carboxylic acids is 1. The number of ether oxygens (including phenoxy) is 1. The van der Waals surface area contributed by atoms with Crippen molar-refractivity contribution in [3.63, 3.8) is 0 Å². The molecule has 1 aliphatic rings. The number of aromatic hydroxyl groups is 1. The normalized spacial score (nSPS) is 18.6. The molecule has 0 bridgehead atoms. The quantitative estimate of drug-likeness (QED) is 0.654. The number of nitro benzene ring substituents is 1. The average molecular weight is 266 g/mol. The van der Waals surface area contributed by atoms with E-state index in [4.69, 9.17) is 4.74 Å². The van der Waals surface area contributed by atoms with Crippen LogP contribution in [0.4, 0.5) is 5.69 Å². The van der Waals surface area contributed by atoms with E-state index in [0.717, 1.165) is 18.6 Å². The van der Waals surface area contributed by atoms with Gasteiger partial charge in [-0.2, -0.15) is 0 Å². The number of amides is 1. The Labute approximate surface area is 109 Å². The van der Waals surface area contributed by atoms with Crippen LogP contribution in [0.3, 0.4) is 0 Å². The third-order valence-corrected chi connectivity index (χ3v) is 3.18. The highest BCUT2D eigenvalue weighted by atomic mass is 16.6. The van der Waals surface area contributed by atoms with Crippen LogP contribution in [0.2, 0.25) is 0 Å². The predicted molar refractivity (Wildman–Crippen MR) is 66.1 cm³/mol. The van der Waals surface area contributed by atoms with Crippen molar-refractivity contribution in [3.8, 4) is 5.75 Å². The summed E-state index contributed by atoms with van der Waals surface area (Å²) in [6.07, 6.45) is 0.789. The highest BCUT2D eigenvalue weighted by molar-refractivity contribution is 5.95. The van der Waals surface area contributed by atoms with Crippen LogP contribution < -0.4 is 0 Å². The highest BCUT2D eigenvalue weighted by Gasteiger charge is 2.27. The number of carbonyl (C=O) groups is 1. The summed E-state index contributed by atoms with van der Waals surface area (Å²) in [6, 6.07) is 3.60. The van der Waals surface area contributed by atoms with E-state index in [-0.39, 0.29) is 17.6 Å². The first-order valence-electron chi connectivity index (χ1n) is 5.82. The van der Waals surface area contributed by atoms with Gasteiger partial charge in [-0.05, 0) is 18.6 Å². The molecule has 0 aliphatic carbocycles. The standard InChI is InChI=1S/C12H14N2O5/c1-19-9-4-5-13(7-9)12(16)8-2-3-10(14(17)18)11(15)6-8/h2-3,6,9,15H,4-5,7H2,1H3. The zero-order chi connectivity index (χ0) is 14.0. The summed E-state index contributed by atoms with van der Waals surface area (Å²) in [5, 5.41) is 20.1. The first-order chi connectivity index (χ1) is 9.02. The molecular weight excluding hydrogens is 252 g/mol. The summed E-state index contributed by atoms with van der Waals surface area (Å²) in [7, 11) is 1.59. The number of hydrogen-bond donors (Lipinski definition) is 1. The van der Waals surface area contributed by atoms with Gasteiger partial charge in [0.15, 0.2) is 5.75 Å². The predicted octanol–water partition coefficient (Wildman–Crippen LogP) is 1.16. The fourth-order valence-electron chi connectivity index (χ4n) is 2.10. The van der Waals surface area contributed by atoms with Crippen LogP contribution in [-0.2, 0) is 4.74 Å². The summed E-state index contributed by atoms with van der Waals surface area (Å²) >= 11 is 0. The first-order valence-corrected chi connectivity index (χ1v) is 5.82. The lowest BCUT2D eigenvalue weighted by Gasteiger charge is -2.16. The average Bonchev–Trinajstić information content (AvgIpc) is 2.86. The Morgan fingerprint density at radius 3 is 2.84 bits per heavy atom. The molecule has 1 unspecified atom stereocenters. The molecule has 1 atom stereocenters. The molecule has 2 rings (SSSR count). The van der Waals surface area contributed by atoms with Crippen LogP contribution >= 0.6 is 0 Å². The lowest BCUT2D eigenvalue weighted by molar-refractivity contribution is -0.385. The zero-order valence-corrected chi connectivity index (χ0v) is 10.4. The molecule has 1 aromatic carbocycles. The molecule has 102 valence electrons. The third-order valence-electron chi connectivity index (χ3n) is 3.18. The van der Waals surface area contributed by atoms with E-state index in [0.29, 0.717) is 13.1 Å². The largest absolute Gasteiger partial charge is 0.502 e. The second-order valence-corrected chi connectivity index (χ2v) is 4.36. The lowest BCUT2D eigenvalue weighted by atomic mass is 10.1. The molecular formula is C12H14N2O5. The number of benzene rings is 1. The lowest BCUT2D eigenvalue weighted by Crippen LogP contribution is -2.29. The van der Waals surface area contributed by atoms with Crippen LogP contribution in [0.1, 0.15) is 16.8 Å². The summed E-state index contributed by atoms with van der Waals surface area (Å²) in [6.45, 7) is 1.07. The van der Waals surface area contributed by atoms with Gasteiger partial charge in [0, 0.05) is 31.8 Å². The topological polar surface area (TPSA) is 92.9 Å². The number of hydrogen-bond acceptors (Lipinski definition) is 5. The molecule has 1 N–H and O–H groups in total. The number of likely N-dealkylation sites (tertiary alicyclic amines) is 1. The fraction of sp³-hybridized carbons (Fsp3) is 0.417. The number of phenols is 1. The zero-order valence-electron chi connectivity index (χ0n) is 10.4. The van der Waals surface area contributed by atoms with Gasteiger partial charge in [0.2, 0.25) is 0 Å². The fourth-order valence-corrected chi connectivity index (χ4v) is 2.10. The minimum absolute atomic E-state index is 0.0237. The summed E-state index contributed by atoms with van der Waals surface area (Å²) in [4.78, 5) is 23.6. The van der Waals surface area contributed by atoms with E-state index in [2.05, 4.69) is 0 Å². The molecule has 1 aromatic rings. The van der Waals surface area contributed by atoms with Gasteiger partial charge in [-0.25, -0.2) is 0 Å². The van der Waals surface area contributed by atoms with Crippen molar-refractivity contribution < 1.29 is 19.6 Å². The second-order valence-electron chi connectivity index (χ2n) is 4.36. The van der Waals surface area contributed by atoms with E-state index < -0.39 is 16.4 Å². The molecule has 1 fully saturated rings. The SMILES string of the molecule is COC1CCN(C(=O)c2ccc([N+](=O)[O-])c(O)c2)C1. The van der Waals surface area contributed by atoms with Gasteiger partial charge in [0.1, 0.15) is 0 Å². The smallest absolute Gasteiger partial charge is 0.310 e. The molecule has 0 aromatic heterocycles. The Hall–Kier alpha value is -2.15. The minimum Gasteiger partial charge on any atom is -0.502 e. The highest BCUT2D eigenvalue weighted by Crippen LogP contribution is 2.27. The van der Waals surface area contributed by atoms with Crippen LogP contribution in [0.15, 0.2) is 18.2 Å². The van der Waals surface area contributed by atoms with Gasteiger partial charge in [-0.3, -0.25) is 14.9 Å². The number of nitro groups is 1. The van der Waals surface area contributed by atoms with E-state index in [1.807, 2.05) is 0 Å². The van der Waals surface area contributed by atoms with Crippen molar-refractivity contribution in [2.45, 2.75) is 12.5 Å². The molecule has 7 heteroatoms. The maximum absolute atomic E-state index is 12.1. The number of nitrogens with zero attached hydrogens (tertiary/aromatic N) is 2. The molecule has 7 nitrogen and oxygen atoms in total. The molecule has 1 heterocycles. The minimum atomic E-state index is -0.694. The van der Waals surface area contributed by atoms with E-state index in [1.165, 1.54) is 6.07 Å². The number of rotatable bonds is 3. The van der Waals surface area contributed by atoms with Crippen LogP contribution in [-0.4, -0.2) is 47.1 Å². The molecule has 19 heavy (non-hydrogen) atoms. The first kappa shape index (κ1) is 13.3. The van der Waals surface area contributed by atoms with Gasteiger partial charge < -0.3 is 14.7 Å². The Morgan fingerprint density at radius 2 is 2.32 bits per heavy atom. The number of phenolic OH excluding ortho intramolecular Hbond substituents is 1. The van der Waals surface area contributed by atoms with Gasteiger partial charge in [0.05, 0.1) is 11.0 Å². The molecule has 1 saturated heterocycles. The molecule has 0 spiro atoms. The van der Waals surface area contributed by atoms with Crippen LogP contribution in [0.5, 0.6) is 5.75 Å². The van der Waals surface area contributed by atoms with Crippen molar-refractivity contribution in [1.29, 1.82) is 0 Å². The Balaban J connectivity index is 2.16. The van der Waals surface area contributed by atoms with E-state index in [1.54, 1.807) is 12.0 Å². The summed E-state index contributed by atoms with van der Waals surface area (Å²) in [5.74, 6) is -0.761. The van der Waals surface area contributed by atoms with Crippen molar-refractivity contribution in [1.82, 2.24) is 4.90 Å². The van der Waals surface area contributed by atoms with Gasteiger partial charge in [0.25, 0.3) is 5.91 Å². The Bertz CT molecular complexity index is 517. The molecule has 1 amide bonds. The summed E-state index contributed by atoms with van der Waals surface area (Å²) in [5.41, 5.74) is -0.174. The van der Waals surface area contributed by atoms with Crippen molar-refractivity contribution >= 4 is 11.6 Å². The van der Waals surface area contributed by atoms with Gasteiger partial charge in [-0.15, -0.1) is 0 Å². The van der Waals surface area contributed by atoms with E-state index >= 15 is 0 Å². The van der Waals surface area contributed by atoms with Crippen molar-refractivity contribution in [3.05, 3.63) is 33.9 Å². The Kier molecular flexibility index (Phi) is 3.66.